The van der Waals surface area contributed by atoms with Crippen LogP contribution in [0.2, 0.25) is 5.02 Å². The molecule has 0 saturated heterocycles. The van der Waals surface area contributed by atoms with Crippen molar-refractivity contribution in [3.8, 4) is 16.8 Å². The number of para-hydroxylation sites is 2. The maximum atomic E-state index is 6.52. The molecule has 7 aromatic rings. The maximum Gasteiger partial charge on any atom is 0.136 e. The zero-order chi connectivity index (χ0) is 21.9. The van der Waals surface area contributed by atoms with E-state index in [0.29, 0.717) is 5.02 Å². The van der Waals surface area contributed by atoms with E-state index in [1.165, 1.54) is 21.8 Å². The van der Waals surface area contributed by atoms with Gasteiger partial charge in [0.2, 0.25) is 0 Å². The number of rotatable bonds is 2. The smallest absolute Gasteiger partial charge is 0.136 e. The van der Waals surface area contributed by atoms with Gasteiger partial charge >= 0.3 is 0 Å². The molecule has 33 heavy (non-hydrogen) atoms. The van der Waals surface area contributed by atoms with E-state index in [4.69, 9.17) is 16.0 Å². The molecule has 0 atom stereocenters. The fourth-order valence-electron chi connectivity index (χ4n) is 4.97. The summed E-state index contributed by atoms with van der Waals surface area (Å²) in [6.07, 6.45) is 0. The number of benzene rings is 5. The summed E-state index contributed by atoms with van der Waals surface area (Å²) >= 11 is 6.52. The second-order valence-electron chi connectivity index (χ2n) is 8.35. The molecule has 0 amide bonds. The molecule has 2 aromatic heterocycles. The summed E-state index contributed by atoms with van der Waals surface area (Å²) in [4.78, 5) is 0. The maximum absolute atomic E-state index is 6.52. The molecule has 0 saturated carbocycles. The molecule has 0 N–H and O–H groups in total. The third-order valence-corrected chi connectivity index (χ3v) is 6.78. The van der Waals surface area contributed by atoms with Crippen molar-refractivity contribution in [1.29, 1.82) is 0 Å². The number of fused-ring (bicyclic) bond motifs is 6. The minimum absolute atomic E-state index is 0.711. The average molecular weight is 444 g/mol. The Morgan fingerprint density at radius 1 is 0.545 bits per heavy atom. The average Bonchev–Trinajstić information content (AvgIpc) is 3.40. The second-order valence-corrected chi connectivity index (χ2v) is 8.75. The Balaban J connectivity index is 1.51. The Morgan fingerprint density at radius 2 is 1.30 bits per heavy atom. The first-order valence-electron chi connectivity index (χ1n) is 11.0. The SMILES string of the molecule is Clc1cccc2oc3ccc(-c4ccc5c6ccccc6n(-c6ccccc6)c5c4)cc3c12. The molecule has 0 aliphatic heterocycles. The van der Waals surface area contributed by atoms with Crippen LogP contribution in [0.1, 0.15) is 0 Å². The summed E-state index contributed by atoms with van der Waals surface area (Å²) in [7, 11) is 0. The molecular weight excluding hydrogens is 426 g/mol. The Bertz CT molecular complexity index is 1830. The lowest BCUT2D eigenvalue weighted by Crippen LogP contribution is -1.93. The van der Waals surface area contributed by atoms with E-state index in [9.17, 15) is 0 Å². The third-order valence-electron chi connectivity index (χ3n) is 6.47. The molecular formula is C30H18ClNO. The highest BCUT2D eigenvalue weighted by molar-refractivity contribution is 6.37. The van der Waals surface area contributed by atoms with Crippen LogP contribution in [0.25, 0.3) is 60.6 Å². The zero-order valence-corrected chi connectivity index (χ0v) is 18.4. The molecule has 156 valence electrons. The monoisotopic (exact) mass is 443 g/mol. The summed E-state index contributed by atoms with van der Waals surface area (Å²) < 4.78 is 8.37. The van der Waals surface area contributed by atoms with Crippen LogP contribution >= 0.6 is 11.6 Å². The minimum Gasteiger partial charge on any atom is -0.456 e. The molecule has 7 rings (SSSR count). The molecule has 5 aromatic carbocycles. The van der Waals surface area contributed by atoms with Crippen molar-refractivity contribution in [1.82, 2.24) is 4.57 Å². The number of nitrogens with zero attached hydrogens (tertiary/aromatic N) is 1. The lowest BCUT2D eigenvalue weighted by atomic mass is 10.0. The van der Waals surface area contributed by atoms with Crippen LogP contribution in [0, 0.1) is 0 Å². The molecule has 0 aliphatic rings. The van der Waals surface area contributed by atoms with Crippen molar-refractivity contribution >= 4 is 55.3 Å². The highest BCUT2D eigenvalue weighted by Crippen LogP contribution is 2.38. The largest absolute Gasteiger partial charge is 0.456 e. The molecule has 0 spiro atoms. The first-order chi connectivity index (χ1) is 16.3. The number of aromatic nitrogens is 1. The van der Waals surface area contributed by atoms with Gasteiger partial charge < -0.3 is 8.98 Å². The highest BCUT2D eigenvalue weighted by Gasteiger charge is 2.15. The summed E-state index contributed by atoms with van der Waals surface area (Å²) in [5.74, 6) is 0. The molecule has 2 nitrogen and oxygen atoms in total. The molecule has 2 heterocycles. The highest BCUT2D eigenvalue weighted by atomic mass is 35.5. The summed E-state index contributed by atoms with van der Waals surface area (Å²) in [5.41, 5.74) is 7.51. The van der Waals surface area contributed by atoms with Crippen molar-refractivity contribution < 1.29 is 4.42 Å². The van der Waals surface area contributed by atoms with Crippen molar-refractivity contribution in [3.63, 3.8) is 0 Å². The van der Waals surface area contributed by atoms with Gasteiger partial charge in [0, 0.05) is 27.2 Å². The van der Waals surface area contributed by atoms with Crippen LogP contribution in [0.4, 0.5) is 0 Å². The van der Waals surface area contributed by atoms with E-state index in [2.05, 4.69) is 89.5 Å². The van der Waals surface area contributed by atoms with Gasteiger partial charge in [-0.1, -0.05) is 72.3 Å². The Kier molecular flexibility index (Phi) is 3.93. The van der Waals surface area contributed by atoms with E-state index in [1.54, 1.807) is 0 Å². The van der Waals surface area contributed by atoms with Crippen molar-refractivity contribution in [2.45, 2.75) is 0 Å². The van der Waals surface area contributed by atoms with Gasteiger partial charge in [0.15, 0.2) is 0 Å². The zero-order valence-electron chi connectivity index (χ0n) is 17.6. The lowest BCUT2D eigenvalue weighted by Gasteiger charge is -2.09. The molecule has 3 heteroatoms. The van der Waals surface area contributed by atoms with Gasteiger partial charge in [0.25, 0.3) is 0 Å². The Hall–Kier alpha value is -4.01. The molecule has 0 aliphatic carbocycles. The number of halogens is 1. The van der Waals surface area contributed by atoms with Gasteiger partial charge in [-0.2, -0.15) is 0 Å². The van der Waals surface area contributed by atoms with Crippen molar-refractivity contribution in [3.05, 3.63) is 114 Å². The normalized spacial score (nSPS) is 11.8. The first kappa shape index (κ1) is 18.6. The van der Waals surface area contributed by atoms with Crippen LogP contribution in [0.5, 0.6) is 0 Å². The van der Waals surface area contributed by atoms with Gasteiger partial charge in [-0.05, 0) is 59.7 Å². The van der Waals surface area contributed by atoms with Crippen LogP contribution in [-0.4, -0.2) is 4.57 Å². The van der Waals surface area contributed by atoms with E-state index < -0.39 is 0 Å². The predicted octanol–water partition coefficient (Wildman–Crippen LogP) is 9.00. The summed E-state index contributed by atoms with van der Waals surface area (Å²) in [6, 6.07) is 38.0. The number of furan rings is 1. The van der Waals surface area contributed by atoms with E-state index >= 15 is 0 Å². The van der Waals surface area contributed by atoms with E-state index in [0.717, 1.165) is 38.8 Å². The molecule has 0 bridgehead atoms. The van der Waals surface area contributed by atoms with Gasteiger partial charge in [-0.25, -0.2) is 0 Å². The van der Waals surface area contributed by atoms with E-state index in [1.807, 2.05) is 24.3 Å². The van der Waals surface area contributed by atoms with Gasteiger partial charge in [0.1, 0.15) is 11.2 Å². The number of hydrogen-bond donors (Lipinski definition) is 0. The van der Waals surface area contributed by atoms with Gasteiger partial charge in [0.05, 0.1) is 16.1 Å². The predicted molar refractivity (Wildman–Crippen MR) is 139 cm³/mol. The minimum atomic E-state index is 0.711. The Labute approximate surface area is 195 Å². The van der Waals surface area contributed by atoms with Crippen LogP contribution in [0.15, 0.2) is 114 Å². The fourth-order valence-corrected chi connectivity index (χ4v) is 5.24. The fraction of sp³-hybridized carbons (Fsp3) is 0. The molecule has 0 unspecified atom stereocenters. The standard InChI is InChI=1S/C30H18ClNO/c31-25-10-6-12-29-30(25)24-17-19(14-16-28(24)33-29)20-13-15-23-22-9-4-5-11-26(22)32(27(23)18-20)21-7-2-1-3-8-21/h1-18H. The third kappa shape index (κ3) is 2.75. The summed E-state index contributed by atoms with van der Waals surface area (Å²) in [5, 5.41) is 5.22. The van der Waals surface area contributed by atoms with Crippen LogP contribution in [-0.2, 0) is 0 Å². The van der Waals surface area contributed by atoms with Gasteiger partial charge in [-0.3, -0.25) is 0 Å². The first-order valence-corrected chi connectivity index (χ1v) is 11.4. The second kappa shape index (κ2) is 6.99. The van der Waals surface area contributed by atoms with Crippen molar-refractivity contribution in [2.75, 3.05) is 0 Å². The quantitative estimate of drug-likeness (QED) is 0.260. The van der Waals surface area contributed by atoms with Crippen LogP contribution in [0.3, 0.4) is 0 Å². The molecule has 0 radical (unpaired) electrons. The topological polar surface area (TPSA) is 18.1 Å². The summed E-state index contributed by atoms with van der Waals surface area (Å²) in [6.45, 7) is 0. The molecule has 0 fully saturated rings. The van der Waals surface area contributed by atoms with Crippen molar-refractivity contribution in [2.24, 2.45) is 0 Å². The lowest BCUT2D eigenvalue weighted by molar-refractivity contribution is 0.669. The number of hydrogen-bond acceptors (Lipinski definition) is 1. The van der Waals surface area contributed by atoms with Crippen LogP contribution < -0.4 is 0 Å². The Morgan fingerprint density at radius 3 is 2.21 bits per heavy atom. The van der Waals surface area contributed by atoms with Gasteiger partial charge in [-0.15, -0.1) is 0 Å². The van der Waals surface area contributed by atoms with E-state index in [-0.39, 0.29) is 0 Å².